The third-order valence-corrected chi connectivity index (χ3v) is 7.58. The van der Waals surface area contributed by atoms with E-state index in [0.717, 1.165) is 55.8 Å². The number of nitrogen functional groups attached to an aromatic ring is 1. The van der Waals surface area contributed by atoms with Crippen LogP contribution in [-0.4, -0.2) is 26.7 Å². The number of aliphatic imine (C=N–C) groups is 1. The van der Waals surface area contributed by atoms with Gasteiger partial charge in [0.1, 0.15) is 5.69 Å². The molecule has 0 saturated carbocycles. The number of nitrogens with two attached hydrogens (primary N) is 1. The number of nitrogens with one attached hydrogen (secondary N) is 1. The second kappa shape index (κ2) is 11.3. The highest BCUT2D eigenvalue weighted by molar-refractivity contribution is 8.13. The summed E-state index contributed by atoms with van der Waals surface area (Å²) in [5, 5.41) is 22.4. The van der Waals surface area contributed by atoms with E-state index < -0.39 is 0 Å². The maximum atomic E-state index is 9.71. The zero-order valence-corrected chi connectivity index (χ0v) is 22.3. The quantitative estimate of drug-likeness (QED) is 0.245. The number of rotatable bonds is 6. The second-order valence-electron chi connectivity index (χ2n) is 9.28. The minimum Gasteiger partial charge on any atom is -0.399 e. The lowest BCUT2D eigenvalue weighted by atomic mass is 10.0. The van der Waals surface area contributed by atoms with Crippen molar-refractivity contribution in [1.29, 1.82) is 5.26 Å². The van der Waals surface area contributed by atoms with Crippen LogP contribution in [0.3, 0.4) is 0 Å². The minimum atomic E-state index is 0.458. The Balaban J connectivity index is 1.13. The fraction of sp³-hybridized carbons (Fsp3) is 0.0625. The Bertz CT molecular complexity index is 1730. The van der Waals surface area contributed by atoms with Crippen molar-refractivity contribution in [3.05, 3.63) is 126 Å². The highest BCUT2D eigenvalue weighted by Gasteiger charge is 2.17. The molecule has 7 nitrogen and oxygen atoms in total. The van der Waals surface area contributed by atoms with Crippen molar-refractivity contribution in [2.45, 2.75) is 5.75 Å². The van der Waals surface area contributed by atoms with Crippen molar-refractivity contribution in [1.82, 2.24) is 20.3 Å². The van der Waals surface area contributed by atoms with E-state index in [9.17, 15) is 5.26 Å². The number of nitrogens with zero attached hydrogens (tertiary/aromatic N) is 5. The van der Waals surface area contributed by atoms with Crippen molar-refractivity contribution < 1.29 is 0 Å². The number of hydrogen-bond acceptors (Lipinski definition) is 7. The van der Waals surface area contributed by atoms with Gasteiger partial charge in [0.05, 0.1) is 35.8 Å². The van der Waals surface area contributed by atoms with E-state index in [1.807, 2.05) is 72.9 Å². The molecule has 1 aliphatic heterocycles. The Kier molecular flexibility index (Phi) is 7.12. The lowest BCUT2D eigenvalue weighted by molar-refractivity contribution is 0.803. The summed E-state index contributed by atoms with van der Waals surface area (Å²) in [5.74, 6) is 0.738. The summed E-state index contributed by atoms with van der Waals surface area (Å²) in [6.45, 7) is 0.458. The smallest absolute Gasteiger partial charge is 0.162 e. The summed E-state index contributed by atoms with van der Waals surface area (Å²) in [6.07, 6.45) is 1.91. The van der Waals surface area contributed by atoms with Crippen LogP contribution in [0.25, 0.3) is 33.8 Å². The zero-order chi connectivity index (χ0) is 27.3. The number of hydrogen-bond donors (Lipinski definition) is 2. The Morgan fingerprint density at radius 1 is 0.825 bits per heavy atom. The van der Waals surface area contributed by atoms with E-state index in [-0.39, 0.29) is 0 Å². The van der Waals surface area contributed by atoms with Gasteiger partial charge in [-0.3, -0.25) is 0 Å². The van der Waals surface area contributed by atoms with Crippen LogP contribution in [0, 0.1) is 11.3 Å². The molecule has 0 spiro atoms. The van der Waals surface area contributed by atoms with Gasteiger partial charge in [-0.25, -0.2) is 9.67 Å². The zero-order valence-electron chi connectivity index (χ0n) is 21.5. The normalized spacial score (nSPS) is 12.9. The van der Waals surface area contributed by atoms with Crippen molar-refractivity contribution in [3.8, 4) is 34.1 Å². The van der Waals surface area contributed by atoms with Crippen LogP contribution >= 0.6 is 11.8 Å². The predicted molar refractivity (Wildman–Crippen MR) is 162 cm³/mol. The molecule has 0 amide bonds. The lowest BCUT2D eigenvalue weighted by Gasteiger charge is -2.17. The van der Waals surface area contributed by atoms with E-state index in [1.165, 1.54) is 0 Å². The minimum absolute atomic E-state index is 0.458. The standard InChI is InChI=1S/C32H25N7S/c33-18-27-19-35-32(36-31(27)26-10-8-24(9-11-26)23-4-2-1-3-5-23)40-21-22-6-16-29(17-7-22)39-20-30(37-38-39)25-12-14-28(34)15-13-25/h1-17,20H,19,21,34H2,(H,35,36). The first-order valence-electron chi connectivity index (χ1n) is 12.8. The third kappa shape index (κ3) is 5.51. The Labute approximate surface area is 236 Å². The van der Waals surface area contributed by atoms with E-state index in [2.05, 4.69) is 58.1 Å². The van der Waals surface area contributed by atoms with Gasteiger partial charge < -0.3 is 11.1 Å². The van der Waals surface area contributed by atoms with E-state index in [0.29, 0.717) is 17.8 Å². The van der Waals surface area contributed by atoms with Gasteiger partial charge in [0.15, 0.2) is 5.17 Å². The van der Waals surface area contributed by atoms with Crippen LogP contribution < -0.4 is 11.1 Å². The average molecular weight is 540 g/mol. The summed E-state index contributed by atoms with van der Waals surface area (Å²) >= 11 is 1.62. The molecule has 0 fully saturated rings. The fourth-order valence-electron chi connectivity index (χ4n) is 4.39. The van der Waals surface area contributed by atoms with Gasteiger partial charge in [0, 0.05) is 22.6 Å². The van der Waals surface area contributed by atoms with Gasteiger partial charge in [0.2, 0.25) is 0 Å². The van der Waals surface area contributed by atoms with Crippen molar-refractivity contribution >= 4 is 28.3 Å². The molecule has 3 N–H and O–H groups in total. The Morgan fingerprint density at radius 3 is 2.23 bits per heavy atom. The molecule has 1 aliphatic rings. The van der Waals surface area contributed by atoms with Crippen LogP contribution in [0.5, 0.6) is 0 Å². The first kappa shape index (κ1) is 25.2. The topological polar surface area (TPSA) is 105 Å². The van der Waals surface area contributed by atoms with E-state index in [1.54, 1.807) is 16.4 Å². The molecule has 5 aromatic rings. The maximum Gasteiger partial charge on any atom is 0.162 e. The number of aromatic nitrogens is 3. The molecule has 0 aliphatic carbocycles. The molecular weight excluding hydrogens is 514 g/mol. The van der Waals surface area contributed by atoms with Gasteiger partial charge in [-0.2, -0.15) is 5.26 Å². The van der Waals surface area contributed by atoms with Crippen LogP contribution in [0.4, 0.5) is 5.69 Å². The molecule has 2 heterocycles. The second-order valence-corrected chi connectivity index (χ2v) is 10.2. The molecule has 1 aromatic heterocycles. The molecule has 40 heavy (non-hydrogen) atoms. The first-order chi connectivity index (χ1) is 19.7. The number of amidine groups is 1. The largest absolute Gasteiger partial charge is 0.399 e. The first-order valence-corrected chi connectivity index (χ1v) is 13.8. The highest BCUT2D eigenvalue weighted by Crippen LogP contribution is 2.28. The van der Waals surface area contributed by atoms with Crippen LogP contribution in [0.15, 0.2) is 120 Å². The number of anilines is 1. The number of thioether (sulfide) groups is 1. The average Bonchev–Trinajstić information content (AvgIpc) is 3.51. The molecular formula is C32H25N7S. The molecule has 4 aromatic carbocycles. The van der Waals surface area contributed by atoms with Gasteiger partial charge >= 0.3 is 0 Å². The molecule has 0 radical (unpaired) electrons. The molecule has 0 saturated heterocycles. The van der Waals surface area contributed by atoms with Crippen LogP contribution in [-0.2, 0) is 5.75 Å². The summed E-state index contributed by atoms with van der Waals surface area (Å²) in [7, 11) is 0. The summed E-state index contributed by atoms with van der Waals surface area (Å²) in [6, 6.07) is 36.6. The van der Waals surface area contributed by atoms with Crippen LogP contribution in [0.1, 0.15) is 11.1 Å². The SMILES string of the molecule is N#CC1=C(c2ccc(-c3ccccc3)cc2)N=C(SCc2ccc(-n3cc(-c4ccc(N)cc4)nn3)cc2)NC1. The molecule has 6 rings (SSSR count). The van der Waals surface area contributed by atoms with Crippen molar-refractivity contribution in [3.63, 3.8) is 0 Å². The third-order valence-electron chi connectivity index (χ3n) is 6.59. The summed E-state index contributed by atoms with van der Waals surface area (Å²) in [4.78, 5) is 4.82. The Morgan fingerprint density at radius 2 is 1.50 bits per heavy atom. The molecule has 8 heteroatoms. The number of nitriles is 1. The summed E-state index contributed by atoms with van der Waals surface area (Å²) < 4.78 is 1.76. The molecule has 0 bridgehead atoms. The lowest BCUT2D eigenvalue weighted by Crippen LogP contribution is -2.27. The monoisotopic (exact) mass is 539 g/mol. The van der Waals surface area contributed by atoms with E-state index >= 15 is 0 Å². The van der Waals surface area contributed by atoms with Crippen LogP contribution in [0.2, 0.25) is 0 Å². The molecule has 0 unspecified atom stereocenters. The highest BCUT2D eigenvalue weighted by atomic mass is 32.2. The molecule has 0 atom stereocenters. The van der Waals surface area contributed by atoms with Gasteiger partial charge in [-0.1, -0.05) is 95.8 Å². The van der Waals surface area contributed by atoms with E-state index in [4.69, 9.17) is 10.7 Å². The van der Waals surface area contributed by atoms with Gasteiger partial charge in [0.25, 0.3) is 0 Å². The molecule has 194 valence electrons. The fourth-order valence-corrected chi connectivity index (χ4v) is 5.22. The van der Waals surface area contributed by atoms with Crippen molar-refractivity contribution in [2.75, 3.05) is 12.3 Å². The maximum absolute atomic E-state index is 9.71. The predicted octanol–water partition coefficient (Wildman–Crippen LogP) is 6.31. The van der Waals surface area contributed by atoms with Gasteiger partial charge in [-0.15, -0.1) is 5.10 Å². The number of benzene rings is 4. The van der Waals surface area contributed by atoms with Crippen molar-refractivity contribution in [2.24, 2.45) is 4.99 Å². The Hall–Kier alpha value is -5.13. The van der Waals surface area contributed by atoms with Gasteiger partial charge in [-0.05, 0) is 41.0 Å². The summed E-state index contributed by atoms with van der Waals surface area (Å²) in [5.41, 5.74) is 14.9.